The molecule has 0 radical (unpaired) electrons. The van der Waals surface area contributed by atoms with Gasteiger partial charge in [-0.1, -0.05) is 45.9 Å². The molecule has 138 valence electrons. The molecule has 1 unspecified atom stereocenters. The van der Waals surface area contributed by atoms with Crippen LogP contribution in [0.15, 0.2) is 35.5 Å². The molecule has 0 bridgehead atoms. The maximum atomic E-state index is 12.4. The van der Waals surface area contributed by atoms with Gasteiger partial charge in [-0.3, -0.25) is 29.4 Å². The van der Waals surface area contributed by atoms with Crippen molar-refractivity contribution in [2.24, 2.45) is 0 Å². The second-order valence-corrected chi connectivity index (χ2v) is 4.76. The average Bonchev–Trinajstić information content (AvgIpc) is 2.86. The minimum Gasteiger partial charge on any atom is -0.295 e. The average molecular weight is 348 g/mol. The van der Waals surface area contributed by atoms with Gasteiger partial charge in [0.25, 0.3) is 11.8 Å². The molecular weight excluding hydrogens is 320 g/mol. The smallest absolute Gasteiger partial charge is 0.262 e. The Hall–Kier alpha value is -2.50. The molecule has 1 atom stereocenters. The molecule has 0 saturated carbocycles. The van der Waals surface area contributed by atoms with E-state index in [1.165, 1.54) is 0 Å². The van der Waals surface area contributed by atoms with E-state index in [4.69, 9.17) is 0 Å². The molecule has 4 amide bonds. The molecule has 2 rings (SSSR count). The molecule has 0 aromatic carbocycles. The Labute approximate surface area is 149 Å². The number of hydrogen-bond acceptors (Lipinski definition) is 4. The number of imide groups is 2. The van der Waals surface area contributed by atoms with Gasteiger partial charge in [0.2, 0.25) is 11.8 Å². The van der Waals surface area contributed by atoms with Crippen LogP contribution in [0, 0.1) is 0 Å². The molecule has 0 aromatic rings. The minimum atomic E-state index is -0.922. The summed E-state index contributed by atoms with van der Waals surface area (Å²) in [5, 5.41) is 2.16. The predicted octanol–water partition coefficient (Wildman–Crippen LogP) is 2.66. The van der Waals surface area contributed by atoms with E-state index in [1.54, 1.807) is 38.2 Å². The van der Waals surface area contributed by atoms with Gasteiger partial charge in [-0.05, 0) is 26.3 Å². The molecule has 2 heterocycles. The van der Waals surface area contributed by atoms with Crippen LogP contribution >= 0.6 is 0 Å². The number of carbonyl (C=O) groups is 4. The number of nitrogens with one attached hydrogen (secondary N) is 1. The quantitative estimate of drug-likeness (QED) is 0.614. The third kappa shape index (κ3) is 4.98. The molecule has 0 spiro atoms. The highest BCUT2D eigenvalue weighted by molar-refractivity contribution is 6.26. The lowest BCUT2D eigenvalue weighted by Gasteiger charge is -2.27. The lowest BCUT2D eigenvalue weighted by molar-refractivity contribution is -0.149. The Balaban J connectivity index is 0.00000134. The summed E-state index contributed by atoms with van der Waals surface area (Å²) in [6, 6.07) is -0.922. The maximum absolute atomic E-state index is 12.4. The molecule has 6 heteroatoms. The van der Waals surface area contributed by atoms with E-state index in [2.05, 4.69) is 5.32 Å². The third-order valence-electron chi connectivity index (χ3n) is 3.45. The highest BCUT2D eigenvalue weighted by atomic mass is 16.2. The summed E-state index contributed by atoms with van der Waals surface area (Å²) in [5.41, 5.74) is 0.549. The van der Waals surface area contributed by atoms with Crippen LogP contribution < -0.4 is 5.32 Å². The summed E-state index contributed by atoms with van der Waals surface area (Å²) < 4.78 is 0. The van der Waals surface area contributed by atoms with Gasteiger partial charge in [-0.15, -0.1) is 0 Å². The molecule has 2 aliphatic rings. The van der Waals surface area contributed by atoms with Gasteiger partial charge in [-0.25, -0.2) is 0 Å². The summed E-state index contributed by atoms with van der Waals surface area (Å²) in [4.78, 5) is 48.8. The standard InChI is InChI=1S/C15H16N2O4.2C2H6/c1-3-5-6-10-9(4-2)14(20)17(15(10)21)11-7-8-12(18)16-13(11)19;2*1-2/h3-6,11H,7-8H2,1-2H3,(H,16,18,19);2*1-2H3/b5-3-,9-4+,10-6+;;. The van der Waals surface area contributed by atoms with E-state index in [-0.39, 0.29) is 29.9 Å². The summed E-state index contributed by atoms with van der Waals surface area (Å²) in [6.07, 6.45) is 6.80. The van der Waals surface area contributed by atoms with Gasteiger partial charge in [0.1, 0.15) is 6.04 Å². The molecule has 6 nitrogen and oxygen atoms in total. The van der Waals surface area contributed by atoms with Crippen molar-refractivity contribution < 1.29 is 19.2 Å². The number of carbonyl (C=O) groups excluding carboxylic acids is 4. The Morgan fingerprint density at radius 3 is 2.00 bits per heavy atom. The maximum Gasteiger partial charge on any atom is 0.262 e. The zero-order valence-corrected chi connectivity index (χ0v) is 15.9. The Bertz CT molecular complexity index is 615. The molecule has 2 saturated heterocycles. The molecule has 2 aliphatic heterocycles. The zero-order chi connectivity index (χ0) is 19.6. The van der Waals surface area contributed by atoms with Crippen molar-refractivity contribution in [2.75, 3.05) is 0 Å². The monoisotopic (exact) mass is 348 g/mol. The van der Waals surface area contributed by atoms with Gasteiger partial charge in [-0.2, -0.15) is 0 Å². The summed E-state index contributed by atoms with van der Waals surface area (Å²) in [5.74, 6) is -1.98. The fourth-order valence-electron chi connectivity index (χ4n) is 2.43. The lowest BCUT2D eigenvalue weighted by atomic mass is 10.0. The van der Waals surface area contributed by atoms with E-state index in [9.17, 15) is 19.2 Å². The molecule has 0 aliphatic carbocycles. The van der Waals surface area contributed by atoms with Crippen LogP contribution in [0.5, 0.6) is 0 Å². The summed E-state index contributed by atoms with van der Waals surface area (Å²) in [6.45, 7) is 11.5. The van der Waals surface area contributed by atoms with Crippen molar-refractivity contribution in [1.82, 2.24) is 10.2 Å². The van der Waals surface area contributed by atoms with E-state index < -0.39 is 23.8 Å². The van der Waals surface area contributed by atoms with Crippen molar-refractivity contribution in [2.45, 2.75) is 60.4 Å². The van der Waals surface area contributed by atoms with Crippen LogP contribution in [0.1, 0.15) is 54.4 Å². The highest BCUT2D eigenvalue weighted by Crippen LogP contribution is 2.29. The number of hydrogen-bond donors (Lipinski definition) is 1. The van der Waals surface area contributed by atoms with Crippen LogP contribution in [0.3, 0.4) is 0 Å². The van der Waals surface area contributed by atoms with Crippen LogP contribution in [-0.2, 0) is 19.2 Å². The minimum absolute atomic E-state index is 0.118. The van der Waals surface area contributed by atoms with E-state index in [1.807, 2.05) is 27.7 Å². The Morgan fingerprint density at radius 1 is 0.960 bits per heavy atom. The predicted molar refractivity (Wildman–Crippen MR) is 97.4 cm³/mol. The van der Waals surface area contributed by atoms with Crippen molar-refractivity contribution in [3.05, 3.63) is 35.5 Å². The molecule has 0 aromatic heterocycles. The van der Waals surface area contributed by atoms with Gasteiger partial charge in [0, 0.05) is 12.0 Å². The van der Waals surface area contributed by atoms with Crippen molar-refractivity contribution >= 4 is 23.6 Å². The summed E-state index contributed by atoms with van der Waals surface area (Å²) in [7, 11) is 0. The second-order valence-electron chi connectivity index (χ2n) is 4.76. The molecule has 25 heavy (non-hydrogen) atoms. The van der Waals surface area contributed by atoms with Crippen LogP contribution in [0.25, 0.3) is 0 Å². The zero-order valence-electron chi connectivity index (χ0n) is 15.9. The number of piperidine rings is 1. The number of rotatable bonds is 2. The van der Waals surface area contributed by atoms with Crippen LogP contribution in [0.2, 0.25) is 0 Å². The molecular formula is C19H28N2O4. The lowest BCUT2D eigenvalue weighted by Crippen LogP contribution is -2.54. The van der Waals surface area contributed by atoms with Crippen molar-refractivity contribution in [3.8, 4) is 0 Å². The van der Waals surface area contributed by atoms with Crippen molar-refractivity contribution in [3.63, 3.8) is 0 Å². The van der Waals surface area contributed by atoms with Crippen LogP contribution in [0.4, 0.5) is 0 Å². The first-order valence-electron chi connectivity index (χ1n) is 8.72. The second kappa shape index (κ2) is 11.1. The van der Waals surface area contributed by atoms with E-state index in [0.717, 1.165) is 4.90 Å². The fourth-order valence-corrected chi connectivity index (χ4v) is 2.43. The normalized spacial score (nSPS) is 23.4. The third-order valence-corrected chi connectivity index (χ3v) is 3.45. The highest BCUT2D eigenvalue weighted by Gasteiger charge is 2.45. The molecule has 1 N–H and O–H groups in total. The Kier molecular flexibility index (Phi) is 10.0. The first kappa shape index (κ1) is 22.5. The van der Waals surface area contributed by atoms with Gasteiger partial charge in [0.05, 0.1) is 5.57 Å². The van der Waals surface area contributed by atoms with Gasteiger partial charge >= 0.3 is 0 Å². The fraction of sp³-hybridized carbons (Fsp3) is 0.474. The number of amides is 4. The number of likely N-dealkylation sites (tertiary alicyclic amines) is 1. The van der Waals surface area contributed by atoms with Gasteiger partial charge < -0.3 is 0 Å². The van der Waals surface area contributed by atoms with E-state index >= 15 is 0 Å². The van der Waals surface area contributed by atoms with Crippen molar-refractivity contribution in [1.29, 1.82) is 0 Å². The first-order valence-corrected chi connectivity index (χ1v) is 8.72. The van der Waals surface area contributed by atoms with Gasteiger partial charge in [0.15, 0.2) is 0 Å². The Morgan fingerprint density at radius 2 is 1.52 bits per heavy atom. The van der Waals surface area contributed by atoms with Crippen LogP contribution in [-0.4, -0.2) is 34.6 Å². The number of nitrogens with zero attached hydrogens (tertiary/aromatic N) is 1. The number of allylic oxidation sites excluding steroid dienone is 4. The van der Waals surface area contributed by atoms with E-state index in [0.29, 0.717) is 0 Å². The molecule has 2 fully saturated rings. The largest absolute Gasteiger partial charge is 0.295 e. The summed E-state index contributed by atoms with van der Waals surface area (Å²) >= 11 is 0. The SMILES string of the molecule is CC.CC.C\C=C/C=C1/C(=O)N(C2CCC(=O)NC2=O)C(=O)/C1=C/C. The topological polar surface area (TPSA) is 83.6 Å². The first-order chi connectivity index (χ1) is 12.0.